The zero-order valence-corrected chi connectivity index (χ0v) is 18.1. The lowest BCUT2D eigenvalue weighted by atomic mass is 10.0. The molecule has 156 valence electrons. The van der Waals surface area contributed by atoms with E-state index in [1.54, 1.807) is 24.7 Å². The maximum absolute atomic E-state index is 13.0. The molecule has 0 saturated carbocycles. The van der Waals surface area contributed by atoms with Crippen LogP contribution in [0.15, 0.2) is 66.0 Å². The molecule has 3 aromatic heterocycles. The molecule has 0 saturated heterocycles. The number of hydrogen-bond acceptors (Lipinski definition) is 4. The lowest BCUT2D eigenvalue weighted by Crippen LogP contribution is -2.18. The number of carbonyl (C=O) groups is 1. The minimum absolute atomic E-state index is 0.280. The third-order valence-electron chi connectivity index (χ3n) is 5.33. The summed E-state index contributed by atoms with van der Waals surface area (Å²) in [6.07, 6.45) is 5.15. The third-order valence-corrected chi connectivity index (χ3v) is 5.33. The van der Waals surface area contributed by atoms with Crippen molar-refractivity contribution in [2.24, 2.45) is 5.10 Å². The molecule has 31 heavy (non-hydrogen) atoms. The number of aromatic nitrogens is 3. The number of rotatable bonds is 5. The highest BCUT2D eigenvalue weighted by Crippen LogP contribution is 2.24. The van der Waals surface area contributed by atoms with E-state index in [0.29, 0.717) is 17.3 Å². The van der Waals surface area contributed by atoms with Gasteiger partial charge in [-0.15, -0.1) is 0 Å². The molecule has 1 amide bonds. The van der Waals surface area contributed by atoms with Crippen LogP contribution in [0.2, 0.25) is 0 Å². The lowest BCUT2D eigenvalue weighted by molar-refractivity contribution is 0.0956. The second-order valence-corrected chi connectivity index (χ2v) is 7.80. The fourth-order valence-corrected chi connectivity index (χ4v) is 3.97. The van der Waals surface area contributed by atoms with Gasteiger partial charge in [0.2, 0.25) is 0 Å². The maximum atomic E-state index is 13.0. The molecule has 0 radical (unpaired) electrons. The molecular formula is C25H25N5O. The van der Waals surface area contributed by atoms with Gasteiger partial charge in [-0.05, 0) is 58.0 Å². The van der Waals surface area contributed by atoms with Crippen LogP contribution in [-0.2, 0) is 0 Å². The molecule has 1 N–H and O–H groups in total. The fourth-order valence-electron chi connectivity index (χ4n) is 3.97. The summed E-state index contributed by atoms with van der Waals surface area (Å²) in [6, 6.07) is 15.6. The molecule has 6 heteroatoms. The SMILES string of the molecule is Cc1cc(/C=N\NC(=O)c2cc(-c3cccnc3)nc3ccccc23)c(C)n1C(C)C. The van der Waals surface area contributed by atoms with Gasteiger partial charge in [-0.25, -0.2) is 10.4 Å². The van der Waals surface area contributed by atoms with Crippen molar-refractivity contribution in [2.45, 2.75) is 33.7 Å². The average Bonchev–Trinajstić information content (AvgIpc) is 3.06. The number of pyridine rings is 2. The number of aryl methyl sites for hydroxylation is 1. The number of para-hydroxylation sites is 1. The number of hydrogen-bond donors (Lipinski definition) is 1. The predicted octanol–water partition coefficient (Wildman–Crippen LogP) is 5.06. The predicted molar refractivity (Wildman–Crippen MR) is 124 cm³/mol. The van der Waals surface area contributed by atoms with Crippen molar-refractivity contribution in [1.29, 1.82) is 0 Å². The largest absolute Gasteiger partial charge is 0.346 e. The third kappa shape index (κ3) is 4.10. The molecule has 0 bridgehead atoms. The van der Waals surface area contributed by atoms with E-state index in [9.17, 15) is 4.79 Å². The summed E-state index contributed by atoms with van der Waals surface area (Å²) in [6.45, 7) is 8.44. The van der Waals surface area contributed by atoms with Gasteiger partial charge in [-0.1, -0.05) is 18.2 Å². The molecule has 0 spiro atoms. The molecular weight excluding hydrogens is 386 g/mol. The summed E-state index contributed by atoms with van der Waals surface area (Å²) in [5.41, 5.74) is 8.78. The van der Waals surface area contributed by atoms with Gasteiger partial charge in [0, 0.05) is 46.3 Å². The van der Waals surface area contributed by atoms with Crippen molar-refractivity contribution in [3.05, 3.63) is 83.4 Å². The van der Waals surface area contributed by atoms with Crippen LogP contribution in [0, 0.1) is 13.8 Å². The number of nitrogens with one attached hydrogen (secondary N) is 1. The first kappa shape index (κ1) is 20.5. The van der Waals surface area contributed by atoms with E-state index in [0.717, 1.165) is 27.7 Å². The van der Waals surface area contributed by atoms with E-state index < -0.39 is 0 Å². The van der Waals surface area contributed by atoms with Gasteiger partial charge in [-0.2, -0.15) is 5.10 Å². The van der Waals surface area contributed by atoms with Crippen molar-refractivity contribution in [2.75, 3.05) is 0 Å². The molecule has 0 aliphatic heterocycles. The first-order chi connectivity index (χ1) is 15.0. The van der Waals surface area contributed by atoms with Gasteiger partial charge in [0.05, 0.1) is 23.0 Å². The van der Waals surface area contributed by atoms with E-state index >= 15 is 0 Å². The Kier molecular flexibility index (Phi) is 5.62. The first-order valence-corrected chi connectivity index (χ1v) is 10.3. The van der Waals surface area contributed by atoms with Crippen LogP contribution in [0.1, 0.15) is 47.2 Å². The summed E-state index contributed by atoms with van der Waals surface area (Å²) in [5.74, 6) is -0.280. The van der Waals surface area contributed by atoms with Crippen LogP contribution in [0.5, 0.6) is 0 Å². The molecule has 0 aliphatic rings. The summed E-state index contributed by atoms with van der Waals surface area (Å²) < 4.78 is 2.25. The standard InChI is InChI=1S/C25H25N5O/c1-16(2)30-17(3)12-20(18(30)4)15-27-29-25(31)22-13-24(19-8-7-11-26-14-19)28-23-10-6-5-9-21(22)23/h5-16H,1-4H3,(H,29,31)/b27-15-. The number of amides is 1. The number of nitrogens with zero attached hydrogens (tertiary/aromatic N) is 4. The van der Waals surface area contributed by atoms with Crippen molar-refractivity contribution in [3.8, 4) is 11.3 Å². The maximum Gasteiger partial charge on any atom is 0.272 e. The summed E-state index contributed by atoms with van der Waals surface area (Å²) in [4.78, 5) is 21.9. The molecule has 3 heterocycles. The quantitative estimate of drug-likeness (QED) is 0.368. The highest BCUT2D eigenvalue weighted by molar-refractivity contribution is 6.07. The Morgan fingerprint density at radius 3 is 2.65 bits per heavy atom. The molecule has 4 aromatic rings. The monoisotopic (exact) mass is 411 g/mol. The summed E-state index contributed by atoms with van der Waals surface area (Å²) in [5, 5.41) is 5.01. The minimum Gasteiger partial charge on any atom is -0.346 e. The Bertz CT molecular complexity index is 1270. The van der Waals surface area contributed by atoms with Gasteiger partial charge in [0.25, 0.3) is 5.91 Å². The molecule has 0 atom stereocenters. The van der Waals surface area contributed by atoms with E-state index in [2.05, 4.69) is 53.8 Å². The Labute approximate surface area is 181 Å². The number of hydrazone groups is 1. The Morgan fingerprint density at radius 2 is 1.94 bits per heavy atom. The van der Waals surface area contributed by atoms with E-state index in [-0.39, 0.29) is 5.91 Å². The van der Waals surface area contributed by atoms with Crippen molar-refractivity contribution < 1.29 is 4.79 Å². The average molecular weight is 412 g/mol. The van der Waals surface area contributed by atoms with E-state index in [4.69, 9.17) is 4.98 Å². The van der Waals surface area contributed by atoms with Crippen molar-refractivity contribution in [3.63, 3.8) is 0 Å². The number of fused-ring (bicyclic) bond motifs is 1. The smallest absolute Gasteiger partial charge is 0.272 e. The highest BCUT2D eigenvalue weighted by Gasteiger charge is 2.14. The molecule has 1 aromatic carbocycles. The van der Waals surface area contributed by atoms with Crippen LogP contribution >= 0.6 is 0 Å². The molecule has 6 nitrogen and oxygen atoms in total. The molecule has 0 unspecified atom stereocenters. The molecule has 0 fully saturated rings. The summed E-state index contributed by atoms with van der Waals surface area (Å²) in [7, 11) is 0. The van der Waals surface area contributed by atoms with Gasteiger partial charge in [0.15, 0.2) is 0 Å². The lowest BCUT2D eigenvalue weighted by Gasteiger charge is -2.13. The highest BCUT2D eigenvalue weighted by atomic mass is 16.2. The second kappa shape index (κ2) is 8.52. The Morgan fingerprint density at radius 1 is 1.13 bits per heavy atom. The van der Waals surface area contributed by atoms with Crippen LogP contribution < -0.4 is 5.43 Å². The van der Waals surface area contributed by atoms with Gasteiger partial charge in [0.1, 0.15) is 0 Å². The zero-order valence-electron chi connectivity index (χ0n) is 18.1. The van der Waals surface area contributed by atoms with Gasteiger partial charge in [-0.3, -0.25) is 9.78 Å². The number of carbonyl (C=O) groups excluding carboxylic acids is 1. The summed E-state index contributed by atoms with van der Waals surface area (Å²) >= 11 is 0. The second-order valence-electron chi connectivity index (χ2n) is 7.80. The van der Waals surface area contributed by atoms with Crippen LogP contribution in [0.3, 0.4) is 0 Å². The van der Waals surface area contributed by atoms with E-state index in [1.807, 2.05) is 36.4 Å². The normalized spacial score (nSPS) is 11.5. The zero-order chi connectivity index (χ0) is 22.0. The Balaban J connectivity index is 1.65. The topological polar surface area (TPSA) is 72.2 Å². The van der Waals surface area contributed by atoms with Gasteiger partial charge < -0.3 is 4.57 Å². The van der Waals surface area contributed by atoms with Gasteiger partial charge >= 0.3 is 0 Å². The first-order valence-electron chi connectivity index (χ1n) is 10.3. The van der Waals surface area contributed by atoms with Crippen LogP contribution in [0.25, 0.3) is 22.2 Å². The molecule has 0 aliphatic carbocycles. The van der Waals surface area contributed by atoms with Crippen LogP contribution in [0.4, 0.5) is 0 Å². The van der Waals surface area contributed by atoms with Crippen molar-refractivity contribution in [1.82, 2.24) is 20.0 Å². The van der Waals surface area contributed by atoms with E-state index in [1.165, 1.54) is 5.69 Å². The Hall–Kier alpha value is -3.80. The minimum atomic E-state index is -0.280. The van der Waals surface area contributed by atoms with Crippen molar-refractivity contribution >= 4 is 23.0 Å². The molecule has 4 rings (SSSR count). The fraction of sp³-hybridized carbons (Fsp3) is 0.200. The van der Waals surface area contributed by atoms with Crippen LogP contribution in [-0.4, -0.2) is 26.7 Å². The number of benzene rings is 1.